The van der Waals surface area contributed by atoms with Crippen LogP contribution < -0.4 is 0 Å². The topological polar surface area (TPSA) is 85.0 Å². The largest absolute Gasteiger partial charge is 0.446 e. The van der Waals surface area contributed by atoms with E-state index in [4.69, 9.17) is 4.42 Å². The van der Waals surface area contributed by atoms with E-state index in [0.29, 0.717) is 18.0 Å². The van der Waals surface area contributed by atoms with Crippen LogP contribution in [0.15, 0.2) is 78.3 Å². The van der Waals surface area contributed by atoms with E-state index >= 15 is 0 Å². The van der Waals surface area contributed by atoms with E-state index in [1.807, 2.05) is 24.3 Å². The predicted molar refractivity (Wildman–Crippen MR) is 99.9 cm³/mol. The van der Waals surface area contributed by atoms with Gasteiger partial charge in [-0.1, -0.05) is 12.1 Å². The summed E-state index contributed by atoms with van der Waals surface area (Å²) in [4.78, 5) is 31.2. The number of hydrogen-bond donors (Lipinski definition) is 0. The first-order valence-electron chi connectivity index (χ1n) is 8.80. The number of nitrogens with zero attached hydrogens (tertiary/aromatic N) is 5. The summed E-state index contributed by atoms with van der Waals surface area (Å²) in [6.07, 6.45) is 11.1. The molecule has 0 spiro atoms. The molecule has 0 fully saturated rings. The summed E-state index contributed by atoms with van der Waals surface area (Å²) in [6, 6.07) is 9.78. The standard InChI is InChI=1S/C21H15N5O2/c27-21(18-10-23-7-8-25-18)26-12-16-9-15(14-3-5-22-6-4-14)1-2-17(16)20(26)19-11-24-13-28-19/h1-11,13,20H,12H2. The van der Waals surface area contributed by atoms with Crippen LogP contribution in [0.5, 0.6) is 0 Å². The van der Waals surface area contributed by atoms with Crippen LogP contribution in [0.4, 0.5) is 0 Å². The lowest BCUT2D eigenvalue weighted by atomic mass is 9.98. The summed E-state index contributed by atoms with van der Waals surface area (Å²) < 4.78 is 5.56. The Kier molecular flexibility index (Phi) is 3.90. The van der Waals surface area contributed by atoms with E-state index in [1.165, 1.54) is 18.8 Å². The van der Waals surface area contributed by atoms with Gasteiger partial charge >= 0.3 is 0 Å². The highest BCUT2D eigenvalue weighted by Gasteiger charge is 2.37. The van der Waals surface area contributed by atoms with Crippen LogP contribution >= 0.6 is 0 Å². The van der Waals surface area contributed by atoms with E-state index in [-0.39, 0.29) is 11.9 Å². The molecule has 0 aliphatic carbocycles. The monoisotopic (exact) mass is 369 g/mol. The van der Waals surface area contributed by atoms with Gasteiger partial charge in [-0.25, -0.2) is 9.97 Å². The van der Waals surface area contributed by atoms with Gasteiger partial charge < -0.3 is 9.32 Å². The van der Waals surface area contributed by atoms with Crippen LogP contribution in [0.3, 0.4) is 0 Å². The number of amides is 1. The minimum atomic E-state index is -0.349. The van der Waals surface area contributed by atoms with Crippen molar-refractivity contribution in [1.29, 1.82) is 0 Å². The molecule has 1 atom stereocenters. The lowest BCUT2D eigenvalue weighted by Crippen LogP contribution is -2.30. The van der Waals surface area contributed by atoms with Crippen molar-refractivity contribution in [3.05, 3.63) is 96.5 Å². The highest BCUT2D eigenvalue weighted by atomic mass is 16.3. The van der Waals surface area contributed by atoms with Crippen LogP contribution in [0.25, 0.3) is 11.1 Å². The molecule has 1 aliphatic heterocycles. The molecule has 1 amide bonds. The summed E-state index contributed by atoms with van der Waals surface area (Å²) in [5.41, 5.74) is 4.54. The normalized spacial score (nSPS) is 15.4. The first-order chi connectivity index (χ1) is 13.8. The van der Waals surface area contributed by atoms with E-state index in [1.54, 1.807) is 29.7 Å². The number of fused-ring (bicyclic) bond motifs is 1. The number of benzene rings is 1. The summed E-state index contributed by atoms with van der Waals surface area (Å²) >= 11 is 0. The highest BCUT2D eigenvalue weighted by molar-refractivity contribution is 5.93. The molecule has 1 unspecified atom stereocenters. The van der Waals surface area contributed by atoms with Gasteiger partial charge in [0.1, 0.15) is 11.7 Å². The maximum absolute atomic E-state index is 13.1. The van der Waals surface area contributed by atoms with Gasteiger partial charge in [0.25, 0.3) is 5.91 Å². The first kappa shape index (κ1) is 16.3. The number of rotatable bonds is 3. The Hall–Kier alpha value is -3.87. The second-order valence-corrected chi connectivity index (χ2v) is 6.48. The molecule has 1 aliphatic rings. The van der Waals surface area contributed by atoms with Crippen LogP contribution in [0.2, 0.25) is 0 Å². The second-order valence-electron chi connectivity index (χ2n) is 6.48. The van der Waals surface area contributed by atoms with Crippen molar-refractivity contribution < 1.29 is 9.21 Å². The van der Waals surface area contributed by atoms with E-state index in [2.05, 4.69) is 26.0 Å². The summed E-state index contributed by atoms with van der Waals surface area (Å²) in [5, 5.41) is 0. The number of carbonyl (C=O) groups excluding carboxylic acids is 1. The van der Waals surface area contributed by atoms with Gasteiger partial charge in [0.05, 0.1) is 12.4 Å². The summed E-state index contributed by atoms with van der Waals surface area (Å²) in [7, 11) is 0. The van der Waals surface area contributed by atoms with Crippen LogP contribution in [0, 0.1) is 0 Å². The third-order valence-corrected chi connectivity index (χ3v) is 4.87. The Morgan fingerprint density at radius 3 is 2.61 bits per heavy atom. The Morgan fingerprint density at radius 2 is 1.86 bits per heavy atom. The summed E-state index contributed by atoms with van der Waals surface area (Å²) in [6.45, 7) is 0.453. The van der Waals surface area contributed by atoms with Crippen molar-refractivity contribution in [3.63, 3.8) is 0 Å². The van der Waals surface area contributed by atoms with Crippen LogP contribution in [0.1, 0.15) is 33.4 Å². The fourth-order valence-corrected chi connectivity index (χ4v) is 3.59. The number of oxazole rings is 1. The fraction of sp³-hybridized carbons (Fsp3) is 0.0952. The molecule has 0 N–H and O–H groups in total. The molecule has 0 saturated heterocycles. The zero-order valence-corrected chi connectivity index (χ0v) is 14.8. The average Bonchev–Trinajstić information content (AvgIpc) is 3.41. The van der Waals surface area contributed by atoms with Gasteiger partial charge in [0.2, 0.25) is 0 Å². The Morgan fingerprint density at radius 1 is 0.964 bits per heavy atom. The van der Waals surface area contributed by atoms with E-state index in [9.17, 15) is 4.79 Å². The smallest absolute Gasteiger partial charge is 0.275 e. The van der Waals surface area contributed by atoms with Gasteiger partial charge in [0.15, 0.2) is 12.2 Å². The van der Waals surface area contributed by atoms with Crippen LogP contribution in [-0.4, -0.2) is 30.7 Å². The van der Waals surface area contributed by atoms with Gasteiger partial charge in [-0.2, -0.15) is 0 Å². The molecule has 4 aromatic rings. The molecule has 3 aromatic heterocycles. The number of hydrogen-bond acceptors (Lipinski definition) is 6. The molecule has 0 saturated carbocycles. The zero-order chi connectivity index (χ0) is 18.9. The molecule has 7 nitrogen and oxygen atoms in total. The quantitative estimate of drug-likeness (QED) is 0.551. The van der Waals surface area contributed by atoms with Crippen molar-refractivity contribution in [2.45, 2.75) is 12.6 Å². The van der Waals surface area contributed by atoms with Crippen molar-refractivity contribution in [1.82, 2.24) is 24.8 Å². The van der Waals surface area contributed by atoms with Crippen molar-refractivity contribution >= 4 is 5.91 Å². The molecular weight excluding hydrogens is 354 g/mol. The third kappa shape index (κ3) is 2.73. The zero-order valence-electron chi connectivity index (χ0n) is 14.8. The Bertz CT molecular complexity index is 1110. The lowest BCUT2D eigenvalue weighted by Gasteiger charge is -2.22. The number of pyridine rings is 1. The summed E-state index contributed by atoms with van der Waals surface area (Å²) in [5.74, 6) is 0.420. The molecule has 7 heteroatoms. The SMILES string of the molecule is O=C(c1cnccn1)N1Cc2cc(-c3ccncc3)ccc2C1c1cnco1. The second kappa shape index (κ2) is 6.70. The minimum Gasteiger partial charge on any atom is -0.446 e. The maximum Gasteiger partial charge on any atom is 0.275 e. The van der Waals surface area contributed by atoms with E-state index in [0.717, 1.165) is 22.3 Å². The number of carbonyl (C=O) groups is 1. The van der Waals surface area contributed by atoms with Gasteiger partial charge in [-0.3, -0.25) is 14.8 Å². The van der Waals surface area contributed by atoms with Gasteiger partial charge in [0, 0.05) is 31.3 Å². The first-order valence-corrected chi connectivity index (χ1v) is 8.80. The molecular formula is C21H15N5O2. The molecule has 5 rings (SSSR count). The van der Waals surface area contributed by atoms with E-state index < -0.39 is 0 Å². The molecule has 28 heavy (non-hydrogen) atoms. The Balaban J connectivity index is 1.58. The molecule has 0 radical (unpaired) electrons. The number of aromatic nitrogens is 4. The molecule has 4 heterocycles. The van der Waals surface area contributed by atoms with Gasteiger partial charge in [-0.15, -0.1) is 0 Å². The fourth-order valence-electron chi connectivity index (χ4n) is 3.59. The highest BCUT2D eigenvalue weighted by Crippen LogP contribution is 2.40. The van der Waals surface area contributed by atoms with Crippen molar-refractivity contribution in [3.8, 4) is 11.1 Å². The minimum absolute atomic E-state index is 0.198. The van der Waals surface area contributed by atoms with Crippen LogP contribution in [-0.2, 0) is 6.54 Å². The molecule has 136 valence electrons. The molecule has 0 bridgehead atoms. The third-order valence-electron chi connectivity index (χ3n) is 4.87. The van der Waals surface area contributed by atoms with Crippen molar-refractivity contribution in [2.75, 3.05) is 0 Å². The predicted octanol–water partition coefficient (Wildman–Crippen LogP) is 3.27. The van der Waals surface area contributed by atoms with Crippen molar-refractivity contribution in [2.24, 2.45) is 0 Å². The Labute approximate surface area is 160 Å². The lowest BCUT2D eigenvalue weighted by molar-refractivity contribution is 0.0697. The van der Waals surface area contributed by atoms with Gasteiger partial charge in [-0.05, 0) is 40.5 Å². The molecule has 1 aromatic carbocycles. The average molecular weight is 369 g/mol. The maximum atomic E-state index is 13.1.